The Morgan fingerprint density at radius 1 is 1.56 bits per heavy atom. The van der Waals surface area contributed by atoms with Gasteiger partial charge in [0.25, 0.3) is 0 Å². The molecule has 2 rings (SSSR count). The number of carbonyl (C=O) groups excluding carboxylic acids is 1. The predicted octanol–water partition coefficient (Wildman–Crippen LogP) is 2.00. The Kier molecular flexibility index (Phi) is 3.59. The number of nitrogens with two attached hydrogens (primary N) is 1. The van der Waals surface area contributed by atoms with Gasteiger partial charge in [0.2, 0.25) is 0 Å². The van der Waals surface area contributed by atoms with E-state index in [4.69, 9.17) is 5.73 Å². The highest BCUT2D eigenvalue weighted by atomic mass is 16.5. The van der Waals surface area contributed by atoms with Crippen LogP contribution in [0.25, 0.3) is 0 Å². The highest BCUT2D eigenvalue weighted by molar-refractivity contribution is 5.92. The van der Waals surface area contributed by atoms with E-state index in [1.54, 1.807) is 0 Å². The Morgan fingerprint density at radius 2 is 2.28 bits per heavy atom. The number of nitrogen functional groups attached to an aromatic ring is 1. The highest BCUT2D eigenvalue weighted by Crippen LogP contribution is 2.32. The van der Waals surface area contributed by atoms with Crippen LogP contribution >= 0.6 is 0 Å². The SMILES string of the molecule is COC(=O)c1nc(C)n(CC2CCC(C)C2)c1N. The fraction of sp³-hybridized carbons (Fsp3) is 0.692. The Morgan fingerprint density at radius 3 is 2.83 bits per heavy atom. The van der Waals surface area contributed by atoms with Crippen molar-refractivity contribution in [1.29, 1.82) is 0 Å². The maximum absolute atomic E-state index is 11.5. The zero-order valence-electron chi connectivity index (χ0n) is 11.3. The molecular formula is C13H21N3O2. The standard InChI is InChI=1S/C13H21N3O2/c1-8-4-5-10(6-8)7-16-9(2)15-11(12(16)14)13(17)18-3/h8,10H,4-7,14H2,1-3H3. The molecule has 2 atom stereocenters. The molecular weight excluding hydrogens is 230 g/mol. The van der Waals surface area contributed by atoms with Crippen LogP contribution in [-0.2, 0) is 11.3 Å². The lowest BCUT2D eigenvalue weighted by atomic mass is 10.1. The van der Waals surface area contributed by atoms with Crippen molar-refractivity contribution in [3.8, 4) is 0 Å². The molecule has 1 aliphatic rings. The molecule has 5 heteroatoms. The van der Waals surface area contributed by atoms with Crippen molar-refractivity contribution in [2.45, 2.75) is 39.7 Å². The number of ether oxygens (including phenoxy) is 1. The third-order valence-electron chi connectivity index (χ3n) is 3.82. The molecule has 1 heterocycles. The fourth-order valence-electron chi connectivity index (χ4n) is 2.81. The van der Waals surface area contributed by atoms with Crippen molar-refractivity contribution in [1.82, 2.24) is 9.55 Å². The first-order valence-electron chi connectivity index (χ1n) is 6.43. The molecule has 0 aliphatic heterocycles. The minimum absolute atomic E-state index is 0.237. The Balaban J connectivity index is 2.18. The van der Waals surface area contributed by atoms with Gasteiger partial charge in [-0.15, -0.1) is 0 Å². The minimum atomic E-state index is -0.464. The molecule has 18 heavy (non-hydrogen) atoms. The normalized spacial score (nSPS) is 23.3. The van der Waals surface area contributed by atoms with Gasteiger partial charge in [-0.05, 0) is 31.6 Å². The average Bonchev–Trinajstić information content (AvgIpc) is 2.87. The fourth-order valence-corrected chi connectivity index (χ4v) is 2.81. The minimum Gasteiger partial charge on any atom is -0.464 e. The van der Waals surface area contributed by atoms with Crippen molar-refractivity contribution >= 4 is 11.8 Å². The molecule has 1 aromatic rings. The number of carbonyl (C=O) groups is 1. The molecule has 1 fully saturated rings. The Labute approximate surface area is 107 Å². The van der Waals surface area contributed by atoms with Crippen molar-refractivity contribution in [2.24, 2.45) is 11.8 Å². The van der Waals surface area contributed by atoms with Gasteiger partial charge < -0.3 is 15.0 Å². The summed E-state index contributed by atoms with van der Waals surface area (Å²) in [5.74, 6) is 2.18. The van der Waals surface area contributed by atoms with Crippen LogP contribution in [0, 0.1) is 18.8 Å². The topological polar surface area (TPSA) is 70.1 Å². The lowest BCUT2D eigenvalue weighted by molar-refractivity contribution is 0.0595. The summed E-state index contributed by atoms with van der Waals surface area (Å²) < 4.78 is 6.62. The molecule has 5 nitrogen and oxygen atoms in total. The van der Waals surface area contributed by atoms with Crippen LogP contribution in [0.5, 0.6) is 0 Å². The number of aromatic nitrogens is 2. The van der Waals surface area contributed by atoms with Crippen molar-refractivity contribution in [2.75, 3.05) is 12.8 Å². The molecule has 0 bridgehead atoms. The van der Waals surface area contributed by atoms with E-state index < -0.39 is 5.97 Å². The van der Waals surface area contributed by atoms with Gasteiger partial charge in [-0.25, -0.2) is 9.78 Å². The van der Waals surface area contributed by atoms with E-state index in [9.17, 15) is 4.79 Å². The predicted molar refractivity (Wildman–Crippen MR) is 69.2 cm³/mol. The molecule has 0 amide bonds. The summed E-state index contributed by atoms with van der Waals surface area (Å²) >= 11 is 0. The summed E-state index contributed by atoms with van der Waals surface area (Å²) in [6.45, 7) is 5.01. The van der Waals surface area contributed by atoms with E-state index in [1.807, 2.05) is 11.5 Å². The van der Waals surface area contributed by atoms with Gasteiger partial charge in [-0.2, -0.15) is 0 Å². The number of anilines is 1. The molecule has 1 aromatic heterocycles. The maximum Gasteiger partial charge on any atom is 0.360 e. The van der Waals surface area contributed by atoms with Gasteiger partial charge in [0.1, 0.15) is 11.6 Å². The summed E-state index contributed by atoms with van der Waals surface area (Å²) in [7, 11) is 1.34. The van der Waals surface area contributed by atoms with Crippen LogP contribution in [0.1, 0.15) is 42.5 Å². The molecule has 0 saturated heterocycles. The van der Waals surface area contributed by atoms with E-state index >= 15 is 0 Å². The summed E-state index contributed by atoms with van der Waals surface area (Å²) in [5.41, 5.74) is 6.23. The van der Waals surface area contributed by atoms with E-state index in [1.165, 1.54) is 26.4 Å². The second-order valence-electron chi connectivity index (χ2n) is 5.28. The lowest BCUT2D eigenvalue weighted by Crippen LogP contribution is -2.13. The molecule has 2 N–H and O–H groups in total. The third-order valence-corrected chi connectivity index (χ3v) is 3.82. The molecule has 1 aliphatic carbocycles. The van der Waals surface area contributed by atoms with Crippen LogP contribution in [0.3, 0.4) is 0 Å². The van der Waals surface area contributed by atoms with Crippen LogP contribution in [0.2, 0.25) is 0 Å². The van der Waals surface area contributed by atoms with E-state index in [-0.39, 0.29) is 5.69 Å². The lowest BCUT2D eigenvalue weighted by Gasteiger charge is -2.13. The molecule has 0 spiro atoms. The van der Waals surface area contributed by atoms with Gasteiger partial charge in [0, 0.05) is 6.54 Å². The average molecular weight is 251 g/mol. The van der Waals surface area contributed by atoms with Gasteiger partial charge in [0.05, 0.1) is 7.11 Å². The number of hydrogen-bond acceptors (Lipinski definition) is 4. The summed E-state index contributed by atoms with van der Waals surface area (Å²) in [4.78, 5) is 15.7. The summed E-state index contributed by atoms with van der Waals surface area (Å²) in [6, 6.07) is 0. The first-order valence-corrected chi connectivity index (χ1v) is 6.43. The van der Waals surface area contributed by atoms with Crippen LogP contribution < -0.4 is 5.73 Å². The van der Waals surface area contributed by atoms with Gasteiger partial charge in [-0.1, -0.05) is 13.3 Å². The molecule has 2 unspecified atom stereocenters. The first kappa shape index (κ1) is 12.9. The number of imidazole rings is 1. The van der Waals surface area contributed by atoms with Gasteiger partial charge in [-0.3, -0.25) is 0 Å². The van der Waals surface area contributed by atoms with E-state index in [2.05, 4.69) is 16.6 Å². The van der Waals surface area contributed by atoms with Gasteiger partial charge >= 0.3 is 5.97 Å². The number of esters is 1. The maximum atomic E-state index is 11.5. The second kappa shape index (κ2) is 5.00. The van der Waals surface area contributed by atoms with Crippen LogP contribution in [-0.4, -0.2) is 22.6 Å². The van der Waals surface area contributed by atoms with Crippen molar-refractivity contribution in [3.63, 3.8) is 0 Å². The number of methoxy groups -OCH3 is 1. The number of hydrogen-bond donors (Lipinski definition) is 1. The van der Waals surface area contributed by atoms with E-state index in [0.29, 0.717) is 11.7 Å². The molecule has 1 saturated carbocycles. The Bertz CT molecular complexity index is 453. The summed E-state index contributed by atoms with van der Waals surface area (Å²) in [6.07, 6.45) is 3.73. The monoisotopic (exact) mass is 251 g/mol. The second-order valence-corrected chi connectivity index (χ2v) is 5.28. The number of aryl methyl sites for hydroxylation is 1. The third kappa shape index (κ3) is 2.35. The largest absolute Gasteiger partial charge is 0.464 e. The zero-order valence-corrected chi connectivity index (χ0v) is 11.3. The smallest absolute Gasteiger partial charge is 0.360 e. The van der Waals surface area contributed by atoms with Crippen LogP contribution in [0.15, 0.2) is 0 Å². The molecule has 100 valence electrons. The van der Waals surface area contributed by atoms with Crippen molar-refractivity contribution in [3.05, 3.63) is 11.5 Å². The quantitative estimate of drug-likeness (QED) is 0.834. The zero-order chi connectivity index (χ0) is 13.3. The summed E-state index contributed by atoms with van der Waals surface area (Å²) in [5, 5.41) is 0. The number of nitrogens with zero attached hydrogens (tertiary/aromatic N) is 2. The molecule has 0 aromatic carbocycles. The first-order chi connectivity index (χ1) is 8.52. The Hall–Kier alpha value is -1.52. The van der Waals surface area contributed by atoms with E-state index in [0.717, 1.165) is 18.3 Å². The molecule has 0 radical (unpaired) electrons. The van der Waals surface area contributed by atoms with Gasteiger partial charge in [0.15, 0.2) is 5.69 Å². The van der Waals surface area contributed by atoms with Crippen LogP contribution in [0.4, 0.5) is 5.82 Å². The number of rotatable bonds is 3. The van der Waals surface area contributed by atoms with Crippen molar-refractivity contribution < 1.29 is 9.53 Å². The highest BCUT2D eigenvalue weighted by Gasteiger charge is 2.25.